The van der Waals surface area contributed by atoms with Gasteiger partial charge in [-0.1, -0.05) is 0 Å². The maximum Gasteiger partial charge on any atom is 0.225 e. The molecule has 2 aliphatic heterocycles. The molecule has 2 aliphatic rings. The van der Waals surface area contributed by atoms with Crippen LogP contribution in [0, 0.1) is 11.3 Å². The smallest absolute Gasteiger partial charge is 0.225 e. The van der Waals surface area contributed by atoms with Crippen molar-refractivity contribution in [3.8, 4) is 0 Å². The van der Waals surface area contributed by atoms with Crippen molar-refractivity contribution in [2.24, 2.45) is 17.1 Å². The second-order valence-electron chi connectivity index (χ2n) is 6.34. The minimum absolute atomic E-state index is 0.0483. The molecule has 0 aromatic carbocycles. The van der Waals surface area contributed by atoms with Crippen LogP contribution in [0.1, 0.15) is 19.3 Å². The second-order valence-corrected chi connectivity index (χ2v) is 6.34. The third-order valence-corrected chi connectivity index (χ3v) is 5.02. The van der Waals surface area contributed by atoms with Crippen LogP contribution in [0.25, 0.3) is 0 Å². The van der Waals surface area contributed by atoms with E-state index in [9.17, 15) is 9.59 Å². The number of hydrogen-bond donors (Lipinski definition) is 1. The minimum atomic E-state index is -0.575. The van der Waals surface area contributed by atoms with Crippen LogP contribution < -0.4 is 5.73 Å². The summed E-state index contributed by atoms with van der Waals surface area (Å²) in [4.78, 5) is 26.1. The number of likely N-dealkylation sites (tertiary alicyclic amines) is 1. The lowest BCUT2D eigenvalue weighted by atomic mass is 9.74. The molecule has 1 aromatic rings. The average Bonchev–Trinajstić information content (AvgIpc) is 3.14. The number of rotatable bonds is 5. The predicted octanol–water partition coefficient (Wildman–Crippen LogP) is 0.619. The van der Waals surface area contributed by atoms with Crippen molar-refractivity contribution in [2.75, 3.05) is 26.3 Å². The third kappa shape index (κ3) is 2.75. The summed E-state index contributed by atoms with van der Waals surface area (Å²) in [6.07, 6.45) is 5.91. The molecule has 1 aromatic heterocycles. The molecule has 2 atom stereocenters. The Bertz CT molecular complexity index is 543. The van der Waals surface area contributed by atoms with Gasteiger partial charge < -0.3 is 19.9 Å². The van der Waals surface area contributed by atoms with Gasteiger partial charge in [-0.15, -0.1) is 0 Å². The van der Waals surface area contributed by atoms with E-state index in [1.165, 1.54) is 0 Å². The molecule has 0 radical (unpaired) electrons. The Morgan fingerprint density at radius 2 is 2.09 bits per heavy atom. The van der Waals surface area contributed by atoms with E-state index in [4.69, 9.17) is 10.5 Å². The first-order valence-corrected chi connectivity index (χ1v) is 7.88. The van der Waals surface area contributed by atoms with Crippen molar-refractivity contribution in [1.82, 2.24) is 9.47 Å². The van der Waals surface area contributed by atoms with Crippen molar-refractivity contribution in [3.05, 3.63) is 24.5 Å². The van der Waals surface area contributed by atoms with E-state index in [0.717, 1.165) is 13.0 Å². The van der Waals surface area contributed by atoms with E-state index in [1.807, 2.05) is 24.5 Å². The quantitative estimate of drug-likeness (QED) is 0.866. The van der Waals surface area contributed by atoms with E-state index >= 15 is 0 Å². The molecule has 6 heteroatoms. The molecule has 2 saturated heterocycles. The molecule has 2 fully saturated rings. The van der Waals surface area contributed by atoms with Gasteiger partial charge in [-0.25, -0.2) is 0 Å². The molecule has 0 saturated carbocycles. The van der Waals surface area contributed by atoms with Crippen LogP contribution in [-0.4, -0.2) is 47.6 Å². The van der Waals surface area contributed by atoms with Crippen LogP contribution >= 0.6 is 0 Å². The summed E-state index contributed by atoms with van der Waals surface area (Å²) in [5, 5.41) is 0. The monoisotopic (exact) mass is 305 g/mol. The Kier molecular flexibility index (Phi) is 4.20. The fourth-order valence-corrected chi connectivity index (χ4v) is 3.63. The van der Waals surface area contributed by atoms with Gasteiger partial charge in [0, 0.05) is 51.0 Å². The summed E-state index contributed by atoms with van der Waals surface area (Å²) < 4.78 is 7.53. The number of primary amides is 1. The molecular weight excluding hydrogens is 282 g/mol. The van der Waals surface area contributed by atoms with E-state index in [2.05, 4.69) is 4.57 Å². The molecule has 2 amide bonds. The molecule has 3 heterocycles. The maximum absolute atomic E-state index is 12.4. The Labute approximate surface area is 130 Å². The lowest BCUT2D eigenvalue weighted by Gasteiger charge is -2.34. The first kappa shape index (κ1) is 15.1. The standard InChI is InChI=1S/C16H23N3O3/c17-15(21)16-5-9-22-11-13(16)10-19(12-16)14(20)4-3-8-18-6-1-2-7-18/h1-2,6-7,13H,3-5,8-12H2,(H2,17,21)/t13-,16+/m1/s1. The SMILES string of the molecule is NC(=O)[C@]12CCOC[C@H]1CN(C(=O)CCCn1cccc1)C2. The number of aryl methyl sites for hydroxylation is 1. The first-order valence-electron chi connectivity index (χ1n) is 7.88. The number of hydrogen-bond acceptors (Lipinski definition) is 3. The van der Waals surface area contributed by atoms with E-state index in [0.29, 0.717) is 39.1 Å². The molecule has 0 bridgehead atoms. The van der Waals surface area contributed by atoms with Gasteiger partial charge in [-0.05, 0) is 25.0 Å². The zero-order valence-corrected chi connectivity index (χ0v) is 12.7. The lowest BCUT2D eigenvalue weighted by Crippen LogP contribution is -2.48. The van der Waals surface area contributed by atoms with Crippen molar-refractivity contribution in [3.63, 3.8) is 0 Å². The number of fused-ring (bicyclic) bond motifs is 1. The number of carbonyl (C=O) groups excluding carboxylic acids is 2. The zero-order valence-electron chi connectivity index (χ0n) is 12.7. The van der Waals surface area contributed by atoms with Crippen LogP contribution in [-0.2, 0) is 20.9 Å². The van der Waals surface area contributed by atoms with Gasteiger partial charge in [0.05, 0.1) is 12.0 Å². The zero-order chi connectivity index (χ0) is 15.6. The van der Waals surface area contributed by atoms with Gasteiger partial charge in [0.25, 0.3) is 0 Å². The number of nitrogens with zero attached hydrogens (tertiary/aromatic N) is 2. The second kappa shape index (κ2) is 6.12. The molecule has 2 N–H and O–H groups in total. The molecule has 3 rings (SSSR count). The number of carbonyl (C=O) groups is 2. The molecule has 22 heavy (non-hydrogen) atoms. The molecule has 0 unspecified atom stereocenters. The molecular formula is C16H23N3O3. The number of nitrogens with two attached hydrogens (primary N) is 1. The van der Waals surface area contributed by atoms with Crippen molar-refractivity contribution in [2.45, 2.75) is 25.8 Å². The molecule has 120 valence electrons. The fourth-order valence-electron chi connectivity index (χ4n) is 3.63. The third-order valence-electron chi connectivity index (χ3n) is 5.02. The van der Waals surface area contributed by atoms with E-state index < -0.39 is 5.41 Å². The van der Waals surface area contributed by atoms with Crippen LogP contribution in [0.3, 0.4) is 0 Å². The normalized spacial score (nSPS) is 27.6. The molecule has 0 spiro atoms. The van der Waals surface area contributed by atoms with Gasteiger partial charge in [-0.3, -0.25) is 9.59 Å². The van der Waals surface area contributed by atoms with Gasteiger partial charge in [0.2, 0.25) is 11.8 Å². The highest BCUT2D eigenvalue weighted by molar-refractivity contribution is 5.84. The van der Waals surface area contributed by atoms with Crippen molar-refractivity contribution < 1.29 is 14.3 Å². The highest BCUT2D eigenvalue weighted by Crippen LogP contribution is 2.42. The summed E-state index contributed by atoms with van der Waals surface area (Å²) in [5.74, 6) is -0.127. The van der Waals surface area contributed by atoms with Gasteiger partial charge in [0.1, 0.15) is 0 Å². The van der Waals surface area contributed by atoms with Crippen molar-refractivity contribution >= 4 is 11.8 Å². The average molecular weight is 305 g/mol. The Morgan fingerprint density at radius 3 is 2.77 bits per heavy atom. The van der Waals surface area contributed by atoms with E-state index in [1.54, 1.807) is 4.90 Å². The van der Waals surface area contributed by atoms with Crippen LogP contribution in [0.2, 0.25) is 0 Å². The molecule has 6 nitrogen and oxygen atoms in total. The number of aromatic nitrogens is 1. The van der Waals surface area contributed by atoms with Gasteiger partial charge in [0.15, 0.2) is 0 Å². The predicted molar refractivity (Wildman–Crippen MR) is 80.8 cm³/mol. The Morgan fingerprint density at radius 1 is 1.32 bits per heavy atom. The lowest BCUT2D eigenvalue weighted by molar-refractivity contribution is -0.136. The fraction of sp³-hybridized carbons (Fsp3) is 0.625. The van der Waals surface area contributed by atoms with Gasteiger partial charge >= 0.3 is 0 Å². The first-order chi connectivity index (χ1) is 10.6. The van der Waals surface area contributed by atoms with Crippen LogP contribution in [0.4, 0.5) is 0 Å². The highest BCUT2D eigenvalue weighted by atomic mass is 16.5. The summed E-state index contributed by atoms with van der Waals surface area (Å²) in [6.45, 7) is 2.95. The number of amides is 2. The summed E-state index contributed by atoms with van der Waals surface area (Å²) in [7, 11) is 0. The highest BCUT2D eigenvalue weighted by Gasteiger charge is 2.53. The summed E-state index contributed by atoms with van der Waals surface area (Å²) in [6, 6.07) is 3.95. The summed E-state index contributed by atoms with van der Waals surface area (Å²) >= 11 is 0. The van der Waals surface area contributed by atoms with Gasteiger partial charge in [-0.2, -0.15) is 0 Å². The minimum Gasteiger partial charge on any atom is -0.381 e. The largest absolute Gasteiger partial charge is 0.381 e. The van der Waals surface area contributed by atoms with Crippen LogP contribution in [0.5, 0.6) is 0 Å². The van der Waals surface area contributed by atoms with E-state index in [-0.39, 0.29) is 17.7 Å². The van der Waals surface area contributed by atoms with Crippen molar-refractivity contribution in [1.29, 1.82) is 0 Å². The number of ether oxygens (including phenoxy) is 1. The summed E-state index contributed by atoms with van der Waals surface area (Å²) in [5.41, 5.74) is 5.06. The van der Waals surface area contributed by atoms with Crippen LogP contribution in [0.15, 0.2) is 24.5 Å². The Balaban J connectivity index is 1.56. The maximum atomic E-state index is 12.4. The topological polar surface area (TPSA) is 77.6 Å². The molecule has 0 aliphatic carbocycles. The Hall–Kier alpha value is -1.82.